The first kappa shape index (κ1) is 8.70. The van der Waals surface area contributed by atoms with Gasteiger partial charge in [0.15, 0.2) is 5.03 Å². The van der Waals surface area contributed by atoms with Crippen molar-refractivity contribution in [1.82, 2.24) is 9.97 Å². The van der Waals surface area contributed by atoms with Crippen LogP contribution < -0.4 is 0 Å². The van der Waals surface area contributed by atoms with E-state index in [-0.39, 0.29) is 10.2 Å². The van der Waals surface area contributed by atoms with Crippen molar-refractivity contribution < 1.29 is 8.42 Å². The summed E-state index contributed by atoms with van der Waals surface area (Å²) >= 11 is 5.35. The molecule has 1 rings (SSSR count). The van der Waals surface area contributed by atoms with Gasteiger partial charge in [-0.15, -0.1) is 0 Å². The number of hydrogen-bond acceptors (Lipinski definition) is 4. The van der Waals surface area contributed by atoms with E-state index in [1.807, 2.05) is 0 Å². The molecule has 0 bridgehead atoms. The Labute approximate surface area is 72.6 Å². The molecule has 1 aromatic heterocycles. The van der Waals surface area contributed by atoms with Gasteiger partial charge in [-0.3, -0.25) is 4.98 Å². The van der Waals surface area contributed by atoms with Gasteiger partial charge in [0.05, 0.1) is 12.4 Å². The lowest BCUT2D eigenvalue weighted by Gasteiger charge is -1.92. The maximum Gasteiger partial charge on any atom is 0.280 e. The molecule has 0 aliphatic heterocycles. The molecule has 0 spiro atoms. The number of hydrogen-bond donors (Lipinski definition) is 0. The Morgan fingerprint density at radius 2 is 2.00 bits per heavy atom. The highest BCUT2D eigenvalue weighted by Gasteiger charge is 2.11. The highest BCUT2D eigenvalue weighted by atomic mass is 35.7. The molecule has 0 amide bonds. The third kappa shape index (κ3) is 2.28. The van der Waals surface area contributed by atoms with Crippen LogP contribution in [0.15, 0.2) is 17.4 Å². The summed E-state index contributed by atoms with van der Waals surface area (Å²) in [5.41, 5.74) is 0. The van der Waals surface area contributed by atoms with Gasteiger partial charge in [-0.25, -0.2) is 13.4 Å². The summed E-state index contributed by atoms with van der Waals surface area (Å²) in [6, 6.07) is 0. The van der Waals surface area contributed by atoms with E-state index in [4.69, 9.17) is 22.3 Å². The summed E-state index contributed by atoms with van der Waals surface area (Å²) in [6.07, 6.45) is 2.24. The maximum atomic E-state index is 10.6. The van der Waals surface area contributed by atoms with Gasteiger partial charge in [-0.05, 0) is 0 Å². The monoisotopic (exact) mass is 212 g/mol. The van der Waals surface area contributed by atoms with Crippen LogP contribution in [0.2, 0.25) is 5.15 Å². The molecule has 11 heavy (non-hydrogen) atoms. The fourth-order valence-electron chi connectivity index (χ4n) is 0.443. The van der Waals surface area contributed by atoms with Gasteiger partial charge in [0.2, 0.25) is 0 Å². The van der Waals surface area contributed by atoms with Crippen molar-refractivity contribution in [3.05, 3.63) is 17.5 Å². The van der Waals surface area contributed by atoms with Gasteiger partial charge < -0.3 is 0 Å². The second kappa shape index (κ2) is 2.92. The molecule has 0 aromatic carbocycles. The molecule has 0 N–H and O–H groups in total. The first-order chi connectivity index (χ1) is 5.00. The van der Waals surface area contributed by atoms with Gasteiger partial charge in [0.1, 0.15) is 5.15 Å². The summed E-state index contributed by atoms with van der Waals surface area (Å²) < 4.78 is 21.2. The molecule has 0 fully saturated rings. The van der Waals surface area contributed by atoms with Crippen molar-refractivity contribution in [3.63, 3.8) is 0 Å². The van der Waals surface area contributed by atoms with Crippen molar-refractivity contribution in [1.29, 1.82) is 0 Å². The van der Waals surface area contributed by atoms with Crippen LogP contribution in [0.4, 0.5) is 0 Å². The minimum Gasteiger partial charge on any atom is -0.258 e. The molecule has 0 unspecified atom stereocenters. The molecule has 7 heteroatoms. The molecule has 0 aliphatic carbocycles. The molecule has 0 radical (unpaired) electrons. The van der Waals surface area contributed by atoms with Crippen molar-refractivity contribution >= 4 is 31.3 Å². The highest BCUT2D eigenvalue weighted by molar-refractivity contribution is 8.13. The van der Waals surface area contributed by atoms with E-state index in [0.29, 0.717) is 0 Å². The summed E-state index contributed by atoms with van der Waals surface area (Å²) in [7, 11) is 1.13. The lowest BCUT2D eigenvalue weighted by atomic mass is 10.8. The van der Waals surface area contributed by atoms with Crippen LogP contribution >= 0.6 is 22.3 Å². The van der Waals surface area contributed by atoms with E-state index < -0.39 is 9.05 Å². The molecule has 1 aromatic rings. The summed E-state index contributed by atoms with van der Waals surface area (Å²) in [5, 5.41) is -0.349. The molecule has 0 aliphatic rings. The normalized spacial score (nSPS) is 11.5. The molecule has 0 atom stereocenters. The summed E-state index contributed by atoms with van der Waals surface area (Å²) in [6.45, 7) is 0. The molecule has 1 heterocycles. The maximum absolute atomic E-state index is 10.6. The van der Waals surface area contributed by atoms with Crippen LogP contribution in [-0.4, -0.2) is 18.4 Å². The molecular formula is C4H2Cl2N2O2S. The average molecular weight is 213 g/mol. The minimum atomic E-state index is -3.81. The first-order valence-electron chi connectivity index (χ1n) is 2.42. The number of halogens is 2. The van der Waals surface area contributed by atoms with E-state index in [2.05, 4.69) is 9.97 Å². The standard InChI is InChI=1S/C4H2Cl2N2O2S/c5-3-1-7-2-4(8-3)11(6,9)10/h1-2H. The van der Waals surface area contributed by atoms with Crippen molar-refractivity contribution in [2.45, 2.75) is 5.03 Å². The van der Waals surface area contributed by atoms with E-state index in [0.717, 1.165) is 6.20 Å². The number of aromatic nitrogens is 2. The van der Waals surface area contributed by atoms with Crippen LogP contribution in [0, 0.1) is 0 Å². The predicted molar refractivity (Wildman–Crippen MR) is 40.1 cm³/mol. The molecular weight excluding hydrogens is 211 g/mol. The Hall–Kier alpha value is -0.390. The number of rotatable bonds is 1. The van der Waals surface area contributed by atoms with Crippen LogP contribution in [0.5, 0.6) is 0 Å². The minimum absolute atomic E-state index is 0.00766. The smallest absolute Gasteiger partial charge is 0.258 e. The second-order valence-corrected chi connectivity index (χ2v) is 4.52. The van der Waals surface area contributed by atoms with Gasteiger partial charge in [-0.2, -0.15) is 0 Å². The third-order valence-electron chi connectivity index (χ3n) is 0.833. The van der Waals surface area contributed by atoms with Gasteiger partial charge >= 0.3 is 0 Å². The van der Waals surface area contributed by atoms with Crippen molar-refractivity contribution in [2.75, 3.05) is 0 Å². The van der Waals surface area contributed by atoms with Gasteiger partial charge in [0.25, 0.3) is 9.05 Å². The Morgan fingerprint density at radius 3 is 2.36 bits per heavy atom. The highest BCUT2D eigenvalue weighted by Crippen LogP contribution is 2.12. The Balaban J connectivity index is 3.28. The van der Waals surface area contributed by atoms with Crippen LogP contribution in [0.25, 0.3) is 0 Å². The zero-order chi connectivity index (χ0) is 8.48. The third-order valence-corrected chi connectivity index (χ3v) is 2.19. The molecule has 0 saturated carbocycles. The van der Waals surface area contributed by atoms with E-state index in [1.165, 1.54) is 6.20 Å². The predicted octanol–water partition coefficient (Wildman–Crippen LogP) is 1.06. The largest absolute Gasteiger partial charge is 0.280 e. The van der Waals surface area contributed by atoms with E-state index >= 15 is 0 Å². The molecule has 0 saturated heterocycles. The zero-order valence-corrected chi connectivity index (χ0v) is 7.36. The number of nitrogens with zero attached hydrogens (tertiary/aromatic N) is 2. The van der Waals surface area contributed by atoms with Gasteiger partial charge in [0, 0.05) is 10.7 Å². The van der Waals surface area contributed by atoms with Crippen molar-refractivity contribution in [3.8, 4) is 0 Å². The summed E-state index contributed by atoms with van der Waals surface area (Å²) in [5.74, 6) is 0. The topological polar surface area (TPSA) is 59.9 Å². The van der Waals surface area contributed by atoms with Crippen molar-refractivity contribution in [2.24, 2.45) is 0 Å². The summed E-state index contributed by atoms with van der Waals surface area (Å²) in [4.78, 5) is 6.92. The van der Waals surface area contributed by atoms with Crippen LogP contribution in [0.3, 0.4) is 0 Å². The average Bonchev–Trinajstić information content (AvgIpc) is 1.86. The van der Waals surface area contributed by atoms with E-state index in [1.54, 1.807) is 0 Å². The zero-order valence-electron chi connectivity index (χ0n) is 5.03. The molecule has 4 nitrogen and oxygen atoms in total. The lowest BCUT2D eigenvalue weighted by Crippen LogP contribution is -1.95. The van der Waals surface area contributed by atoms with Gasteiger partial charge in [-0.1, -0.05) is 11.6 Å². The Kier molecular flexibility index (Phi) is 2.31. The quantitative estimate of drug-likeness (QED) is 0.654. The SMILES string of the molecule is O=S(=O)(Cl)c1cncc(Cl)n1. The van der Waals surface area contributed by atoms with Crippen LogP contribution in [-0.2, 0) is 9.05 Å². The van der Waals surface area contributed by atoms with Crippen LogP contribution in [0.1, 0.15) is 0 Å². The lowest BCUT2D eigenvalue weighted by molar-refractivity contribution is 0.605. The fraction of sp³-hybridized carbons (Fsp3) is 0. The van der Waals surface area contributed by atoms with E-state index in [9.17, 15) is 8.42 Å². The Morgan fingerprint density at radius 1 is 1.36 bits per heavy atom. The fourth-order valence-corrected chi connectivity index (χ4v) is 1.26. The Bertz CT molecular complexity index is 364. The first-order valence-corrected chi connectivity index (χ1v) is 5.11. The molecule has 60 valence electrons. The second-order valence-electron chi connectivity index (χ2n) is 1.62.